The largest absolute Gasteiger partial charge is 0.467 e. The topological polar surface area (TPSA) is 55.8 Å². The van der Waals surface area contributed by atoms with Crippen molar-refractivity contribution in [1.82, 2.24) is 4.90 Å². The lowest BCUT2D eigenvalue weighted by Crippen LogP contribution is -2.57. The highest BCUT2D eigenvalue weighted by molar-refractivity contribution is 6.19. The van der Waals surface area contributed by atoms with E-state index in [1.807, 2.05) is 6.92 Å². The molecule has 0 aliphatic carbocycles. The monoisotopic (exact) mass is 331 g/mol. The molecule has 0 spiro atoms. The van der Waals surface area contributed by atoms with Gasteiger partial charge in [-0.05, 0) is 40.5 Å². The van der Waals surface area contributed by atoms with Crippen molar-refractivity contribution in [3.63, 3.8) is 0 Å². The number of hydrogen-bond acceptors (Lipinski definition) is 4. The standard InChI is InChI=1S/C16H26ClNO4/c1-11(10-17)9-16(13(19)21-6)8-7-12(2)18(16)14(20)22-15(3,4)5/h12H,1,7-10H2,2-6H3/t12-,16+/m1/s1. The third-order valence-corrected chi connectivity index (χ3v) is 4.14. The Kier molecular flexibility index (Phi) is 5.90. The number of carbonyl (C=O) groups is 2. The normalized spacial score (nSPS) is 25.0. The molecule has 2 atom stereocenters. The number of rotatable bonds is 4. The minimum Gasteiger partial charge on any atom is -0.467 e. The van der Waals surface area contributed by atoms with E-state index in [0.29, 0.717) is 18.4 Å². The molecule has 0 saturated carbocycles. The van der Waals surface area contributed by atoms with Crippen molar-refractivity contribution < 1.29 is 19.1 Å². The molecular weight excluding hydrogens is 306 g/mol. The second-order valence-corrected chi connectivity index (χ2v) is 7.09. The van der Waals surface area contributed by atoms with Gasteiger partial charge in [0.1, 0.15) is 11.1 Å². The van der Waals surface area contributed by atoms with Crippen molar-refractivity contribution in [1.29, 1.82) is 0 Å². The van der Waals surface area contributed by atoms with Crippen molar-refractivity contribution in [2.24, 2.45) is 0 Å². The zero-order valence-electron chi connectivity index (χ0n) is 14.1. The van der Waals surface area contributed by atoms with E-state index < -0.39 is 23.2 Å². The Labute approximate surface area is 137 Å². The maximum absolute atomic E-state index is 12.6. The molecule has 22 heavy (non-hydrogen) atoms. The van der Waals surface area contributed by atoms with Gasteiger partial charge in [0.25, 0.3) is 0 Å². The first-order chi connectivity index (χ1) is 10.1. The second-order valence-electron chi connectivity index (χ2n) is 6.82. The van der Waals surface area contributed by atoms with Crippen molar-refractivity contribution in [3.05, 3.63) is 12.2 Å². The maximum atomic E-state index is 12.6. The summed E-state index contributed by atoms with van der Waals surface area (Å²) in [7, 11) is 1.32. The molecule has 0 aromatic carbocycles. The lowest BCUT2D eigenvalue weighted by Gasteiger charge is -2.39. The molecule has 0 aromatic heterocycles. The summed E-state index contributed by atoms with van der Waals surface area (Å²) in [6.07, 6.45) is 0.984. The molecule has 0 unspecified atom stereocenters. The summed E-state index contributed by atoms with van der Waals surface area (Å²) in [6.45, 7) is 11.2. The summed E-state index contributed by atoms with van der Waals surface area (Å²) in [5.74, 6) is -0.219. The van der Waals surface area contributed by atoms with Crippen LogP contribution in [0.4, 0.5) is 4.79 Å². The van der Waals surface area contributed by atoms with Crippen LogP contribution in [0.15, 0.2) is 12.2 Å². The predicted octanol–water partition coefficient (Wildman–Crippen LogP) is 3.50. The Balaban J connectivity index is 3.19. The fourth-order valence-corrected chi connectivity index (χ4v) is 2.98. The van der Waals surface area contributed by atoms with Gasteiger partial charge in [-0.3, -0.25) is 4.90 Å². The first kappa shape index (κ1) is 18.8. The second kappa shape index (κ2) is 6.90. The summed E-state index contributed by atoms with van der Waals surface area (Å²) in [6, 6.07) is -0.114. The minimum absolute atomic E-state index is 0.114. The number of alkyl halides is 1. The molecule has 1 aliphatic heterocycles. The van der Waals surface area contributed by atoms with Crippen molar-refractivity contribution in [3.8, 4) is 0 Å². The van der Waals surface area contributed by atoms with E-state index in [-0.39, 0.29) is 18.3 Å². The van der Waals surface area contributed by atoms with Crippen LogP contribution < -0.4 is 0 Å². The van der Waals surface area contributed by atoms with E-state index in [9.17, 15) is 9.59 Å². The Morgan fingerprint density at radius 1 is 1.41 bits per heavy atom. The van der Waals surface area contributed by atoms with Gasteiger partial charge in [0, 0.05) is 18.3 Å². The van der Waals surface area contributed by atoms with Crippen molar-refractivity contribution in [2.45, 2.75) is 64.1 Å². The van der Waals surface area contributed by atoms with Gasteiger partial charge in [-0.1, -0.05) is 12.2 Å². The number of amides is 1. The highest BCUT2D eigenvalue weighted by Gasteiger charge is 2.54. The molecule has 1 fully saturated rings. The van der Waals surface area contributed by atoms with Crippen LogP contribution in [0.3, 0.4) is 0 Å². The highest BCUT2D eigenvalue weighted by Crippen LogP contribution is 2.40. The quantitative estimate of drug-likeness (QED) is 0.449. The molecule has 1 aliphatic rings. The van der Waals surface area contributed by atoms with Gasteiger partial charge in [-0.15, -0.1) is 11.6 Å². The molecular formula is C16H26ClNO4. The number of methoxy groups -OCH3 is 1. The van der Waals surface area contributed by atoms with Crippen LogP contribution in [0.1, 0.15) is 47.0 Å². The molecule has 0 N–H and O–H groups in total. The van der Waals surface area contributed by atoms with Crippen molar-refractivity contribution >= 4 is 23.7 Å². The molecule has 0 radical (unpaired) electrons. The summed E-state index contributed by atoms with van der Waals surface area (Å²) in [5, 5.41) is 0. The molecule has 5 nitrogen and oxygen atoms in total. The van der Waals surface area contributed by atoms with E-state index in [1.54, 1.807) is 20.8 Å². The van der Waals surface area contributed by atoms with Crippen LogP contribution in [0.25, 0.3) is 0 Å². The Hall–Kier alpha value is -1.23. The molecule has 1 heterocycles. The smallest absolute Gasteiger partial charge is 0.411 e. The zero-order chi connectivity index (χ0) is 17.1. The molecule has 1 amide bonds. The number of halogens is 1. The Bertz CT molecular complexity index is 458. The van der Waals surface area contributed by atoms with Gasteiger partial charge in [0.15, 0.2) is 0 Å². The number of likely N-dealkylation sites (tertiary alicyclic amines) is 1. The van der Waals surface area contributed by atoms with Crippen molar-refractivity contribution in [2.75, 3.05) is 13.0 Å². The third kappa shape index (κ3) is 3.94. The number of esters is 1. The Morgan fingerprint density at radius 3 is 2.45 bits per heavy atom. The first-order valence-electron chi connectivity index (χ1n) is 7.40. The Morgan fingerprint density at radius 2 is 2.00 bits per heavy atom. The summed E-state index contributed by atoms with van der Waals surface area (Å²) >= 11 is 5.82. The molecule has 1 rings (SSSR count). The van der Waals surface area contributed by atoms with Gasteiger partial charge in [0.2, 0.25) is 0 Å². The first-order valence-corrected chi connectivity index (χ1v) is 7.94. The van der Waals surface area contributed by atoms with Crippen LogP contribution in [0.2, 0.25) is 0 Å². The third-order valence-electron chi connectivity index (χ3n) is 3.76. The zero-order valence-corrected chi connectivity index (χ0v) is 14.8. The van der Waals surface area contributed by atoms with E-state index >= 15 is 0 Å². The fourth-order valence-electron chi connectivity index (χ4n) is 2.88. The number of nitrogens with zero attached hydrogens (tertiary/aromatic N) is 1. The van der Waals surface area contributed by atoms with E-state index in [4.69, 9.17) is 21.1 Å². The number of ether oxygens (including phenoxy) is 2. The molecule has 0 aromatic rings. The number of carbonyl (C=O) groups excluding carboxylic acids is 2. The minimum atomic E-state index is -1.08. The van der Waals surface area contributed by atoms with Gasteiger partial charge in [-0.25, -0.2) is 9.59 Å². The van der Waals surface area contributed by atoms with Crippen LogP contribution in [-0.4, -0.2) is 47.1 Å². The average Bonchev–Trinajstić information content (AvgIpc) is 2.73. The maximum Gasteiger partial charge on any atom is 0.411 e. The van der Waals surface area contributed by atoms with E-state index in [1.165, 1.54) is 12.0 Å². The van der Waals surface area contributed by atoms with E-state index in [2.05, 4.69) is 6.58 Å². The van der Waals surface area contributed by atoms with Crippen LogP contribution in [0, 0.1) is 0 Å². The van der Waals surface area contributed by atoms with Gasteiger partial charge < -0.3 is 9.47 Å². The lowest BCUT2D eigenvalue weighted by molar-refractivity contribution is -0.153. The molecule has 0 bridgehead atoms. The van der Waals surface area contributed by atoms with E-state index in [0.717, 1.165) is 0 Å². The van der Waals surface area contributed by atoms with Gasteiger partial charge in [0.05, 0.1) is 7.11 Å². The molecule has 1 saturated heterocycles. The SMILES string of the molecule is C=C(CCl)C[C@]1(C(=O)OC)CC[C@@H](C)N1C(=O)OC(C)(C)C. The summed E-state index contributed by atoms with van der Waals surface area (Å²) < 4.78 is 10.4. The highest BCUT2D eigenvalue weighted by atomic mass is 35.5. The average molecular weight is 332 g/mol. The number of hydrogen-bond donors (Lipinski definition) is 0. The summed E-state index contributed by atoms with van der Waals surface area (Å²) in [5.41, 5.74) is -1.03. The molecule has 126 valence electrons. The fraction of sp³-hybridized carbons (Fsp3) is 0.750. The summed E-state index contributed by atoms with van der Waals surface area (Å²) in [4.78, 5) is 26.6. The van der Waals surface area contributed by atoms with Crippen LogP contribution in [-0.2, 0) is 14.3 Å². The molecule has 6 heteroatoms. The van der Waals surface area contributed by atoms with Crippen LogP contribution >= 0.6 is 11.6 Å². The predicted molar refractivity (Wildman–Crippen MR) is 86.0 cm³/mol. The lowest BCUT2D eigenvalue weighted by atomic mass is 9.89. The van der Waals surface area contributed by atoms with Gasteiger partial charge in [-0.2, -0.15) is 0 Å². The van der Waals surface area contributed by atoms with Crippen LogP contribution in [0.5, 0.6) is 0 Å². The van der Waals surface area contributed by atoms with Gasteiger partial charge >= 0.3 is 12.1 Å².